The molecule has 3 aromatic rings. The molecule has 0 aliphatic carbocycles. The molecule has 1 amide bonds. The highest BCUT2D eigenvalue weighted by atomic mass is 32.1. The third-order valence-electron chi connectivity index (χ3n) is 4.38. The molecule has 0 aliphatic heterocycles. The molecular formula is C21H24N4O5S. The van der Waals surface area contributed by atoms with E-state index < -0.39 is 5.97 Å². The van der Waals surface area contributed by atoms with E-state index in [1.165, 1.54) is 17.7 Å². The Morgan fingerprint density at radius 3 is 2.58 bits per heavy atom. The Morgan fingerprint density at radius 1 is 1.13 bits per heavy atom. The Bertz CT molecular complexity index is 1050. The minimum atomic E-state index is -0.394. The van der Waals surface area contributed by atoms with E-state index in [-0.39, 0.29) is 12.3 Å². The molecule has 0 aliphatic rings. The fourth-order valence-corrected chi connectivity index (χ4v) is 3.89. The topological polar surface area (TPSA) is 112 Å². The van der Waals surface area contributed by atoms with Crippen molar-refractivity contribution in [3.8, 4) is 11.5 Å². The van der Waals surface area contributed by atoms with Gasteiger partial charge in [0.15, 0.2) is 5.82 Å². The van der Waals surface area contributed by atoms with E-state index >= 15 is 0 Å². The first-order valence-electron chi connectivity index (χ1n) is 9.76. The number of benzene rings is 1. The van der Waals surface area contributed by atoms with E-state index in [2.05, 4.69) is 20.8 Å². The molecule has 9 nitrogen and oxygen atoms in total. The average molecular weight is 445 g/mol. The number of amides is 1. The molecule has 3 rings (SSSR count). The molecule has 164 valence electrons. The zero-order valence-corrected chi connectivity index (χ0v) is 18.4. The number of fused-ring (bicyclic) bond motifs is 1. The van der Waals surface area contributed by atoms with E-state index in [1.54, 1.807) is 21.0 Å². The summed E-state index contributed by atoms with van der Waals surface area (Å²) in [5.41, 5.74) is 6.18. The molecule has 0 unspecified atom stereocenters. The fourth-order valence-electron chi connectivity index (χ4n) is 2.84. The van der Waals surface area contributed by atoms with Crippen LogP contribution in [0.3, 0.4) is 0 Å². The quantitative estimate of drug-likeness (QED) is 0.278. The fraction of sp³-hybridized carbons (Fsp3) is 0.333. The third kappa shape index (κ3) is 5.60. The maximum atomic E-state index is 12.2. The van der Waals surface area contributed by atoms with Crippen LogP contribution >= 0.6 is 11.3 Å². The van der Waals surface area contributed by atoms with E-state index in [1.807, 2.05) is 24.3 Å². The number of nitrogens with zero attached hydrogens (tertiary/aromatic N) is 2. The van der Waals surface area contributed by atoms with E-state index in [0.29, 0.717) is 51.9 Å². The van der Waals surface area contributed by atoms with Gasteiger partial charge in [0.1, 0.15) is 27.5 Å². The SMILES string of the molecule is CCOC(=O)c1sc2ncnc(NNC(=O)CCCOc3ccc(OC)cc3)c2c1C. The zero-order chi connectivity index (χ0) is 22.2. The van der Waals surface area contributed by atoms with Gasteiger partial charge >= 0.3 is 5.97 Å². The number of hydrazine groups is 1. The smallest absolute Gasteiger partial charge is 0.348 e. The average Bonchev–Trinajstić information content (AvgIpc) is 3.13. The third-order valence-corrected chi connectivity index (χ3v) is 5.56. The minimum absolute atomic E-state index is 0.205. The van der Waals surface area contributed by atoms with Crippen molar-refractivity contribution in [1.29, 1.82) is 0 Å². The summed E-state index contributed by atoms with van der Waals surface area (Å²) in [6, 6.07) is 7.26. The van der Waals surface area contributed by atoms with Gasteiger partial charge in [0.05, 0.1) is 25.7 Å². The number of nitrogens with one attached hydrogen (secondary N) is 2. The van der Waals surface area contributed by atoms with E-state index in [0.717, 1.165) is 5.75 Å². The summed E-state index contributed by atoms with van der Waals surface area (Å²) >= 11 is 1.23. The van der Waals surface area contributed by atoms with Crippen LogP contribution in [0.25, 0.3) is 10.2 Å². The zero-order valence-electron chi connectivity index (χ0n) is 17.6. The number of rotatable bonds is 10. The number of thiophene rings is 1. The van der Waals surface area contributed by atoms with Crippen molar-refractivity contribution >= 4 is 39.2 Å². The van der Waals surface area contributed by atoms with Crippen LogP contribution in [-0.4, -0.2) is 42.2 Å². The van der Waals surface area contributed by atoms with Crippen molar-refractivity contribution in [3.63, 3.8) is 0 Å². The summed E-state index contributed by atoms with van der Waals surface area (Å²) in [7, 11) is 1.61. The van der Waals surface area contributed by atoms with Gasteiger partial charge in [-0.2, -0.15) is 0 Å². The van der Waals surface area contributed by atoms with Gasteiger partial charge in [-0.1, -0.05) is 0 Å². The number of carbonyl (C=O) groups excluding carboxylic acids is 2. The lowest BCUT2D eigenvalue weighted by molar-refractivity contribution is -0.120. The van der Waals surface area contributed by atoms with Crippen LogP contribution in [0, 0.1) is 6.92 Å². The van der Waals surface area contributed by atoms with Gasteiger partial charge in [0.2, 0.25) is 5.91 Å². The maximum Gasteiger partial charge on any atom is 0.348 e. The van der Waals surface area contributed by atoms with Crippen LogP contribution in [0.2, 0.25) is 0 Å². The first-order valence-corrected chi connectivity index (χ1v) is 10.6. The highest BCUT2D eigenvalue weighted by molar-refractivity contribution is 7.20. The Balaban J connectivity index is 1.52. The monoisotopic (exact) mass is 444 g/mol. The Hall–Kier alpha value is -3.40. The lowest BCUT2D eigenvalue weighted by atomic mass is 10.2. The number of aromatic nitrogens is 2. The van der Waals surface area contributed by atoms with Crippen LogP contribution in [0.5, 0.6) is 11.5 Å². The number of ether oxygens (including phenoxy) is 3. The molecule has 2 aromatic heterocycles. The minimum Gasteiger partial charge on any atom is -0.497 e. The van der Waals surface area contributed by atoms with Crippen molar-refractivity contribution in [1.82, 2.24) is 15.4 Å². The number of hydrogen-bond acceptors (Lipinski definition) is 9. The molecule has 0 saturated carbocycles. The number of carbonyl (C=O) groups is 2. The second-order valence-electron chi connectivity index (χ2n) is 6.48. The molecule has 0 spiro atoms. The van der Waals surface area contributed by atoms with Crippen LogP contribution in [0.15, 0.2) is 30.6 Å². The molecule has 1 aromatic carbocycles. The van der Waals surface area contributed by atoms with E-state index in [9.17, 15) is 9.59 Å². The van der Waals surface area contributed by atoms with Gasteiger partial charge in [-0.25, -0.2) is 14.8 Å². The summed E-state index contributed by atoms with van der Waals surface area (Å²) < 4.78 is 15.8. The van der Waals surface area contributed by atoms with Crippen molar-refractivity contribution < 1.29 is 23.8 Å². The molecule has 2 heterocycles. The number of esters is 1. The molecule has 0 bridgehead atoms. The number of hydrogen-bond donors (Lipinski definition) is 2. The highest BCUT2D eigenvalue weighted by Gasteiger charge is 2.20. The number of methoxy groups -OCH3 is 1. The van der Waals surface area contributed by atoms with E-state index in [4.69, 9.17) is 14.2 Å². The predicted molar refractivity (Wildman–Crippen MR) is 118 cm³/mol. The summed E-state index contributed by atoms with van der Waals surface area (Å²) in [6.07, 6.45) is 2.20. The standard InChI is InChI=1S/C21H24N4O5S/c1-4-29-21(27)18-13(2)17-19(22-12-23-20(17)31-18)25-24-16(26)6-5-11-30-15-9-7-14(28-3)8-10-15/h7-10,12H,4-6,11H2,1-3H3,(H,24,26)(H,22,23,25). The highest BCUT2D eigenvalue weighted by Crippen LogP contribution is 2.33. The Kier molecular flexibility index (Phi) is 7.60. The van der Waals surface area contributed by atoms with Crippen molar-refractivity contribution in [2.75, 3.05) is 25.7 Å². The lowest BCUT2D eigenvalue weighted by Gasteiger charge is -2.10. The summed E-state index contributed by atoms with van der Waals surface area (Å²) in [5.74, 6) is 1.30. The van der Waals surface area contributed by atoms with Gasteiger partial charge in [-0.15, -0.1) is 11.3 Å². The largest absolute Gasteiger partial charge is 0.497 e. The molecule has 0 radical (unpaired) electrons. The summed E-state index contributed by atoms with van der Waals surface area (Å²) in [5, 5.41) is 0.679. The molecular weight excluding hydrogens is 420 g/mol. The van der Waals surface area contributed by atoms with Crippen LogP contribution in [0.1, 0.15) is 35.0 Å². The molecule has 0 fully saturated rings. The van der Waals surface area contributed by atoms with Crippen LogP contribution < -0.4 is 20.3 Å². The van der Waals surface area contributed by atoms with Crippen LogP contribution in [0.4, 0.5) is 5.82 Å². The molecule has 10 heteroatoms. The second kappa shape index (κ2) is 10.6. The number of anilines is 1. The van der Waals surface area contributed by atoms with Gasteiger partial charge in [0.25, 0.3) is 0 Å². The van der Waals surface area contributed by atoms with Crippen LogP contribution in [-0.2, 0) is 9.53 Å². The Morgan fingerprint density at radius 2 is 1.87 bits per heavy atom. The maximum absolute atomic E-state index is 12.2. The van der Waals surface area contributed by atoms with Crippen molar-refractivity contribution in [3.05, 3.63) is 41.0 Å². The molecule has 0 saturated heterocycles. The summed E-state index contributed by atoms with van der Waals surface area (Å²) in [4.78, 5) is 33.8. The van der Waals surface area contributed by atoms with Gasteiger partial charge in [0, 0.05) is 6.42 Å². The normalized spacial score (nSPS) is 10.5. The molecule has 2 N–H and O–H groups in total. The van der Waals surface area contributed by atoms with Crippen molar-refractivity contribution in [2.24, 2.45) is 0 Å². The van der Waals surface area contributed by atoms with Gasteiger partial charge in [-0.3, -0.25) is 15.6 Å². The first kappa shape index (κ1) is 22.3. The second-order valence-corrected chi connectivity index (χ2v) is 7.48. The number of aryl methyl sites for hydroxylation is 1. The van der Waals surface area contributed by atoms with Gasteiger partial charge < -0.3 is 14.2 Å². The molecule has 0 atom stereocenters. The molecule has 31 heavy (non-hydrogen) atoms. The first-order chi connectivity index (χ1) is 15.0. The lowest BCUT2D eigenvalue weighted by Crippen LogP contribution is -2.30. The Labute approximate surface area is 183 Å². The summed E-state index contributed by atoms with van der Waals surface area (Å²) in [6.45, 7) is 4.26. The van der Waals surface area contributed by atoms with Gasteiger partial charge in [-0.05, 0) is 50.1 Å². The van der Waals surface area contributed by atoms with Crippen molar-refractivity contribution in [2.45, 2.75) is 26.7 Å². The predicted octanol–water partition coefficient (Wildman–Crippen LogP) is 3.49.